The first-order valence-electron chi connectivity index (χ1n) is 9.39. The molecule has 2 N–H and O–H groups in total. The van der Waals surface area contributed by atoms with Crippen molar-refractivity contribution in [3.8, 4) is 11.5 Å². The normalized spacial score (nSPS) is 18.7. The van der Waals surface area contributed by atoms with E-state index < -0.39 is 11.9 Å². The first-order chi connectivity index (χ1) is 13.4. The van der Waals surface area contributed by atoms with E-state index in [0.717, 1.165) is 19.3 Å². The summed E-state index contributed by atoms with van der Waals surface area (Å²) >= 11 is 0. The van der Waals surface area contributed by atoms with E-state index in [1.54, 1.807) is 12.1 Å². The summed E-state index contributed by atoms with van der Waals surface area (Å²) in [6.07, 6.45) is 4.31. The largest absolute Gasteiger partial charge is 0.493 e. The molecule has 0 saturated heterocycles. The molecule has 2 unspecified atom stereocenters. The number of methoxy groups -OCH3 is 2. The molecule has 28 heavy (non-hydrogen) atoms. The second-order valence-corrected chi connectivity index (χ2v) is 6.85. The number of nitrogens with one attached hydrogen (secondary N) is 2. The average Bonchev–Trinajstić information content (AvgIpc) is 2.71. The first kappa shape index (κ1) is 21.5. The smallest absolute Gasteiger partial charge is 0.325 e. The lowest BCUT2D eigenvalue weighted by Gasteiger charge is -2.29. The summed E-state index contributed by atoms with van der Waals surface area (Å²) in [4.78, 5) is 35.9. The maximum Gasteiger partial charge on any atom is 0.325 e. The summed E-state index contributed by atoms with van der Waals surface area (Å²) in [5, 5.41) is 5.37. The highest BCUT2D eigenvalue weighted by atomic mass is 16.5. The van der Waals surface area contributed by atoms with Crippen LogP contribution in [0.1, 0.15) is 43.0 Å². The highest BCUT2D eigenvalue weighted by Crippen LogP contribution is 2.27. The molecule has 8 heteroatoms. The summed E-state index contributed by atoms with van der Waals surface area (Å²) in [7, 11) is 2.97. The van der Waals surface area contributed by atoms with Gasteiger partial charge in [-0.05, 0) is 37.0 Å². The van der Waals surface area contributed by atoms with Crippen LogP contribution in [0.15, 0.2) is 18.2 Å². The summed E-state index contributed by atoms with van der Waals surface area (Å²) in [6, 6.07) is 4.80. The van der Waals surface area contributed by atoms with Crippen molar-refractivity contribution in [3.05, 3.63) is 23.8 Å². The number of carbonyl (C=O) groups is 3. The highest BCUT2D eigenvalue weighted by molar-refractivity contribution is 5.96. The second kappa shape index (κ2) is 10.5. The predicted octanol–water partition coefficient (Wildman–Crippen LogP) is 1.67. The van der Waals surface area contributed by atoms with Gasteiger partial charge in [-0.1, -0.05) is 19.8 Å². The van der Waals surface area contributed by atoms with Crippen LogP contribution in [0.2, 0.25) is 0 Å². The third-order valence-corrected chi connectivity index (χ3v) is 4.86. The fourth-order valence-electron chi connectivity index (χ4n) is 3.21. The molecule has 1 aromatic carbocycles. The number of hydrogen-bond donors (Lipinski definition) is 2. The van der Waals surface area contributed by atoms with Crippen LogP contribution in [0.4, 0.5) is 0 Å². The summed E-state index contributed by atoms with van der Waals surface area (Å²) in [5.41, 5.74) is 0.314. The van der Waals surface area contributed by atoms with Crippen LogP contribution < -0.4 is 20.1 Å². The molecule has 1 aliphatic rings. The Morgan fingerprint density at radius 2 is 1.79 bits per heavy atom. The SMILES string of the molecule is COc1ccc(C(=O)NCC(=O)OCC(=O)NC2CCCCC2C)cc1OC. The molecule has 1 aliphatic carbocycles. The van der Waals surface area contributed by atoms with E-state index in [0.29, 0.717) is 23.0 Å². The van der Waals surface area contributed by atoms with Gasteiger partial charge >= 0.3 is 5.97 Å². The summed E-state index contributed by atoms with van der Waals surface area (Å²) in [5.74, 6) is -0.130. The highest BCUT2D eigenvalue weighted by Gasteiger charge is 2.23. The number of ether oxygens (including phenoxy) is 3. The molecule has 1 aromatic rings. The van der Waals surface area contributed by atoms with Gasteiger partial charge in [-0.25, -0.2) is 0 Å². The molecule has 0 aliphatic heterocycles. The standard InChI is InChI=1S/C20H28N2O6/c1-13-6-4-5-7-15(13)22-18(23)12-28-19(24)11-21-20(25)14-8-9-16(26-2)17(10-14)27-3/h8-10,13,15H,4-7,11-12H2,1-3H3,(H,21,25)(H,22,23). The molecule has 1 saturated carbocycles. The topological polar surface area (TPSA) is 103 Å². The predicted molar refractivity (Wildman–Crippen MR) is 102 cm³/mol. The van der Waals surface area contributed by atoms with Gasteiger partial charge < -0.3 is 24.8 Å². The fraction of sp³-hybridized carbons (Fsp3) is 0.550. The van der Waals surface area contributed by atoms with E-state index in [1.807, 2.05) is 0 Å². The molecular formula is C20H28N2O6. The van der Waals surface area contributed by atoms with Crippen molar-refractivity contribution in [2.75, 3.05) is 27.4 Å². The third kappa shape index (κ3) is 6.14. The van der Waals surface area contributed by atoms with Gasteiger partial charge in [0, 0.05) is 11.6 Å². The Kier molecular flexibility index (Phi) is 8.10. The van der Waals surface area contributed by atoms with E-state index in [2.05, 4.69) is 17.6 Å². The number of esters is 1. The zero-order valence-electron chi connectivity index (χ0n) is 16.6. The minimum atomic E-state index is -0.680. The molecule has 2 rings (SSSR count). The summed E-state index contributed by atoms with van der Waals surface area (Å²) in [6.45, 7) is 1.42. The minimum absolute atomic E-state index is 0.129. The zero-order valence-corrected chi connectivity index (χ0v) is 16.6. The van der Waals surface area contributed by atoms with Crippen LogP contribution in [0, 0.1) is 5.92 Å². The maximum absolute atomic E-state index is 12.2. The molecule has 154 valence electrons. The molecule has 1 fully saturated rings. The third-order valence-electron chi connectivity index (χ3n) is 4.86. The molecule has 0 heterocycles. The van der Waals surface area contributed by atoms with Crippen molar-refractivity contribution in [3.63, 3.8) is 0 Å². The monoisotopic (exact) mass is 392 g/mol. The molecule has 0 radical (unpaired) electrons. The lowest BCUT2D eigenvalue weighted by Crippen LogP contribution is -2.43. The van der Waals surface area contributed by atoms with Crippen LogP contribution in [0.3, 0.4) is 0 Å². The molecule has 2 amide bonds. The Morgan fingerprint density at radius 1 is 1.07 bits per heavy atom. The van der Waals surface area contributed by atoms with Gasteiger partial charge in [0.15, 0.2) is 18.1 Å². The quantitative estimate of drug-likeness (QED) is 0.653. The molecule has 0 aromatic heterocycles. The number of hydrogen-bond acceptors (Lipinski definition) is 6. The van der Waals surface area contributed by atoms with Crippen LogP contribution in [0.25, 0.3) is 0 Å². The molecule has 0 spiro atoms. The van der Waals surface area contributed by atoms with Crippen molar-refractivity contribution in [1.29, 1.82) is 0 Å². The number of benzene rings is 1. The lowest BCUT2D eigenvalue weighted by atomic mass is 9.86. The lowest BCUT2D eigenvalue weighted by molar-refractivity contribution is -0.147. The van der Waals surface area contributed by atoms with Gasteiger partial charge in [-0.3, -0.25) is 14.4 Å². The maximum atomic E-state index is 12.2. The van der Waals surface area contributed by atoms with Crippen molar-refractivity contribution in [2.24, 2.45) is 5.92 Å². The van der Waals surface area contributed by atoms with Crippen LogP contribution in [0.5, 0.6) is 11.5 Å². The van der Waals surface area contributed by atoms with Crippen molar-refractivity contribution in [1.82, 2.24) is 10.6 Å². The van der Waals surface area contributed by atoms with E-state index >= 15 is 0 Å². The van der Waals surface area contributed by atoms with Crippen LogP contribution in [-0.4, -0.2) is 51.2 Å². The van der Waals surface area contributed by atoms with E-state index in [4.69, 9.17) is 14.2 Å². The van der Waals surface area contributed by atoms with Crippen LogP contribution in [-0.2, 0) is 14.3 Å². The van der Waals surface area contributed by atoms with Crippen molar-refractivity contribution >= 4 is 17.8 Å². The van der Waals surface area contributed by atoms with Gasteiger partial charge in [-0.2, -0.15) is 0 Å². The number of amides is 2. The van der Waals surface area contributed by atoms with Crippen molar-refractivity contribution < 1.29 is 28.6 Å². The van der Waals surface area contributed by atoms with Gasteiger partial charge in [0.1, 0.15) is 6.54 Å². The van der Waals surface area contributed by atoms with Crippen molar-refractivity contribution in [2.45, 2.75) is 38.6 Å². The zero-order chi connectivity index (χ0) is 20.5. The molecule has 0 bridgehead atoms. The Hall–Kier alpha value is -2.77. The van der Waals surface area contributed by atoms with E-state index in [1.165, 1.54) is 26.7 Å². The Bertz CT molecular complexity index is 706. The Morgan fingerprint density at radius 3 is 2.46 bits per heavy atom. The van der Waals surface area contributed by atoms with Crippen LogP contribution >= 0.6 is 0 Å². The van der Waals surface area contributed by atoms with E-state index in [9.17, 15) is 14.4 Å². The second-order valence-electron chi connectivity index (χ2n) is 6.85. The number of rotatable bonds is 8. The summed E-state index contributed by atoms with van der Waals surface area (Å²) < 4.78 is 15.2. The fourth-order valence-corrected chi connectivity index (χ4v) is 3.21. The first-order valence-corrected chi connectivity index (χ1v) is 9.39. The Labute approximate surface area is 164 Å². The molecule has 2 atom stereocenters. The number of carbonyl (C=O) groups excluding carboxylic acids is 3. The van der Waals surface area contributed by atoms with E-state index in [-0.39, 0.29) is 25.1 Å². The molecule has 8 nitrogen and oxygen atoms in total. The Balaban J connectivity index is 1.74. The van der Waals surface area contributed by atoms with Gasteiger partial charge in [-0.15, -0.1) is 0 Å². The average molecular weight is 392 g/mol. The van der Waals surface area contributed by atoms with Gasteiger partial charge in [0.05, 0.1) is 14.2 Å². The van der Waals surface area contributed by atoms with Gasteiger partial charge in [0.25, 0.3) is 11.8 Å². The molecular weight excluding hydrogens is 364 g/mol. The van der Waals surface area contributed by atoms with Gasteiger partial charge in [0.2, 0.25) is 0 Å². The minimum Gasteiger partial charge on any atom is -0.493 e.